The number of carboxylic acid groups (broad SMARTS) is 2. The largest absolute Gasteiger partial charge is 0.507 e. The van der Waals surface area contributed by atoms with Gasteiger partial charge in [0.25, 0.3) is 0 Å². The number of fused-ring (bicyclic) bond motifs is 4. The van der Waals surface area contributed by atoms with E-state index in [-0.39, 0.29) is 44.9 Å². The fraction of sp³-hybridized carbons (Fsp3) is 0.333. The van der Waals surface area contributed by atoms with Crippen LogP contribution >= 0.6 is 0 Å². The first-order valence-electron chi connectivity index (χ1n) is 19.0. The van der Waals surface area contributed by atoms with Crippen LogP contribution in [0, 0.1) is 0 Å². The number of rotatable bonds is 9. The van der Waals surface area contributed by atoms with Gasteiger partial charge in [0.15, 0.2) is 0 Å². The van der Waals surface area contributed by atoms with Crippen LogP contribution < -0.4 is 9.47 Å². The van der Waals surface area contributed by atoms with Gasteiger partial charge < -0.3 is 80.2 Å². The molecule has 62 heavy (non-hydrogen) atoms. The predicted molar refractivity (Wildman–Crippen MR) is 202 cm³/mol. The van der Waals surface area contributed by atoms with Crippen LogP contribution in [0.4, 0.5) is 0 Å². The molecule has 2 heterocycles. The van der Waals surface area contributed by atoms with Crippen molar-refractivity contribution in [2.45, 2.75) is 73.2 Å². The number of carboxylic acids is 2. The molecule has 20 heteroatoms. The molecular weight excluding hydrogens is 824 g/mol. The number of hydrogen-bond donors (Lipinski definition) is 12. The number of carbonyl (C=O) groups is 4. The maximum absolute atomic E-state index is 14.7. The summed E-state index contributed by atoms with van der Waals surface area (Å²) in [7, 11) is 0. The van der Waals surface area contributed by atoms with Gasteiger partial charge in [-0.3, -0.25) is 9.59 Å². The Morgan fingerprint density at radius 1 is 0.516 bits per heavy atom. The van der Waals surface area contributed by atoms with E-state index >= 15 is 0 Å². The van der Waals surface area contributed by atoms with Crippen LogP contribution in [0.2, 0.25) is 0 Å². The van der Waals surface area contributed by atoms with E-state index < -0.39 is 144 Å². The number of benzene rings is 4. The molecular formula is C42H38O20. The maximum atomic E-state index is 14.7. The van der Waals surface area contributed by atoms with Gasteiger partial charge in [0.2, 0.25) is 24.1 Å². The first-order valence-corrected chi connectivity index (χ1v) is 19.0. The molecule has 2 fully saturated rings. The van der Waals surface area contributed by atoms with Crippen LogP contribution in [0.15, 0.2) is 60.7 Å². The van der Waals surface area contributed by atoms with Gasteiger partial charge in [-0.25, -0.2) is 9.59 Å². The van der Waals surface area contributed by atoms with E-state index in [0.29, 0.717) is 0 Å². The predicted octanol–water partition coefficient (Wildman–Crippen LogP) is -1.10. The summed E-state index contributed by atoms with van der Waals surface area (Å²) < 4.78 is 23.0. The number of phenolic OH excluding ortho intramolecular Hbond substituents is 2. The minimum Gasteiger partial charge on any atom is -0.507 e. The molecule has 8 rings (SSSR count). The Bertz CT molecular complexity index is 2330. The van der Waals surface area contributed by atoms with Crippen LogP contribution in [0.3, 0.4) is 0 Å². The first kappa shape index (κ1) is 42.6. The molecule has 2 saturated heterocycles. The quantitative estimate of drug-likeness (QED) is 0.0950. The molecule has 4 aliphatic rings. The Morgan fingerprint density at radius 3 is 1.23 bits per heavy atom. The number of phenols is 2. The highest BCUT2D eigenvalue weighted by atomic mass is 16.7. The number of aromatic hydroxyl groups is 2. The zero-order valence-electron chi connectivity index (χ0n) is 31.7. The van der Waals surface area contributed by atoms with Gasteiger partial charge in [-0.1, -0.05) is 24.3 Å². The van der Waals surface area contributed by atoms with Gasteiger partial charge in [0, 0.05) is 11.8 Å². The lowest BCUT2D eigenvalue weighted by atomic mass is 9.63. The zero-order chi connectivity index (χ0) is 44.6. The first-order chi connectivity index (χ1) is 29.5. The van der Waals surface area contributed by atoms with Crippen molar-refractivity contribution < 1.29 is 99.4 Å². The van der Waals surface area contributed by atoms with Gasteiger partial charge in [0.05, 0.1) is 46.6 Å². The van der Waals surface area contributed by atoms with Crippen molar-refractivity contribution in [2.75, 3.05) is 13.2 Å². The molecule has 0 radical (unpaired) electrons. The fourth-order valence-electron chi connectivity index (χ4n) is 8.71. The molecule has 2 aliphatic carbocycles. The van der Waals surface area contributed by atoms with Crippen molar-refractivity contribution in [3.05, 3.63) is 116 Å². The molecule has 0 aromatic heterocycles. The third-order valence-electron chi connectivity index (χ3n) is 11.7. The van der Waals surface area contributed by atoms with Crippen molar-refractivity contribution in [1.29, 1.82) is 0 Å². The molecule has 20 nitrogen and oxygen atoms in total. The maximum Gasteiger partial charge on any atom is 0.335 e. The molecule has 326 valence electrons. The van der Waals surface area contributed by atoms with E-state index in [0.717, 1.165) is 24.3 Å². The molecule has 2 aliphatic heterocycles. The number of ether oxygens (including phenoxy) is 4. The van der Waals surface area contributed by atoms with Crippen molar-refractivity contribution in [1.82, 2.24) is 0 Å². The van der Waals surface area contributed by atoms with Crippen LogP contribution in [-0.4, -0.2) is 159 Å². The average molecular weight is 863 g/mol. The van der Waals surface area contributed by atoms with E-state index in [9.17, 15) is 80.5 Å². The van der Waals surface area contributed by atoms with Crippen LogP contribution in [0.1, 0.15) is 86.6 Å². The number of carbonyl (C=O) groups excluding carboxylic acids is 2. The Balaban J connectivity index is 1.38. The fourth-order valence-corrected chi connectivity index (χ4v) is 8.71. The van der Waals surface area contributed by atoms with Crippen molar-refractivity contribution in [2.24, 2.45) is 0 Å². The number of aliphatic hydroxyl groups is 8. The van der Waals surface area contributed by atoms with E-state index in [1.54, 1.807) is 0 Å². The number of ketones is 2. The second kappa shape index (κ2) is 16.0. The SMILES string of the molecule is O=C(O)c1cc(O)c2c(c1)[C@@H]([C@@H]1c3cc(C(=O)O)cc(O)c3C(=O)c3c(O[C@H]4O[C@@H](CO)[C@H](O)[C@@H](O)[C@@H]4O)cccc31)c1cccc(O[C@@H]3O[C@H](CO)[C@H](O)[C@H](O)[C@@H]3O)c1C2=O. The van der Waals surface area contributed by atoms with Gasteiger partial charge in [-0.2, -0.15) is 0 Å². The van der Waals surface area contributed by atoms with Crippen molar-refractivity contribution in [3.8, 4) is 23.0 Å². The van der Waals surface area contributed by atoms with Crippen molar-refractivity contribution >= 4 is 23.5 Å². The lowest BCUT2D eigenvalue weighted by Gasteiger charge is -2.41. The Kier molecular flexibility index (Phi) is 11.0. The lowest BCUT2D eigenvalue weighted by Crippen LogP contribution is -2.60. The Labute approximate surface area is 348 Å². The van der Waals surface area contributed by atoms with E-state index in [1.807, 2.05) is 0 Å². The van der Waals surface area contributed by atoms with Gasteiger partial charge in [0.1, 0.15) is 71.8 Å². The topological polar surface area (TPSA) is 348 Å². The summed E-state index contributed by atoms with van der Waals surface area (Å²) in [6.07, 6.45) is -17.7. The minimum absolute atomic E-state index is 0.00301. The summed E-state index contributed by atoms with van der Waals surface area (Å²) in [4.78, 5) is 54.2. The summed E-state index contributed by atoms with van der Waals surface area (Å²) in [5, 5.41) is 126. The molecule has 0 spiro atoms. The van der Waals surface area contributed by atoms with Gasteiger partial charge in [-0.15, -0.1) is 0 Å². The van der Waals surface area contributed by atoms with E-state index in [2.05, 4.69) is 0 Å². The second-order valence-electron chi connectivity index (χ2n) is 15.2. The molecule has 0 unspecified atom stereocenters. The van der Waals surface area contributed by atoms with Crippen LogP contribution in [0.5, 0.6) is 23.0 Å². The average Bonchev–Trinajstić information content (AvgIpc) is 3.24. The highest BCUT2D eigenvalue weighted by Crippen LogP contribution is 2.56. The monoisotopic (exact) mass is 862 g/mol. The molecule has 0 amide bonds. The lowest BCUT2D eigenvalue weighted by molar-refractivity contribution is -0.277. The van der Waals surface area contributed by atoms with Crippen molar-refractivity contribution in [3.63, 3.8) is 0 Å². The Hall–Kier alpha value is -6.04. The normalized spacial score (nSPS) is 30.1. The number of aliphatic hydroxyl groups excluding tert-OH is 8. The number of aromatic carboxylic acids is 2. The third kappa shape index (κ3) is 6.73. The third-order valence-corrected chi connectivity index (χ3v) is 11.7. The van der Waals surface area contributed by atoms with Crippen LogP contribution in [0.25, 0.3) is 0 Å². The van der Waals surface area contributed by atoms with E-state index in [1.165, 1.54) is 36.4 Å². The summed E-state index contributed by atoms with van der Waals surface area (Å²) in [5.41, 5.74) is -2.87. The highest BCUT2D eigenvalue weighted by Gasteiger charge is 2.50. The zero-order valence-corrected chi connectivity index (χ0v) is 31.7. The molecule has 12 atom stereocenters. The standard InChI is InChI=1S/C42H38O20/c43-11-23-31(47)35(51)37(53)41(61-23)59-21-5-1-3-15-25(17-7-13(39(55)56)9-19(45)27(17)33(49)29(15)21)26-16-4-2-6-22(60-42-38(54)36(52)32(48)24(12-44)62-42)30(16)34(50)28-18(26)8-14(40(57)58)10-20(28)46/h1-10,23-26,31-32,35-38,41-48,51-54H,11-12H2,(H,55,56)(H,57,58)/t23-,24+,25-,26-,31-,32-,35+,36-,37-,38-,41-,42+/m0/s1. The number of hydrogen-bond acceptors (Lipinski definition) is 18. The molecule has 4 aromatic carbocycles. The molecule has 4 aromatic rings. The Morgan fingerprint density at radius 2 is 0.887 bits per heavy atom. The summed E-state index contributed by atoms with van der Waals surface area (Å²) in [6, 6.07) is 11.9. The van der Waals surface area contributed by atoms with E-state index in [4.69, 9.17) is 18.9 Å². The summed E-state index contributed by atoms with van der Waals surface area (Å²) in [6.45, 7) is -1.64. The molecule has 12 N–H and O–H groups in total. The molecule has 0 saturated carbocycles. The second-order valence-corrected chi connectivity index (χ2v) is 15.2. The van der Waals surface area contributed by atoms with Gasteiger partial charge >= 0.3 is 11.9 Å². The summed E-state index contributed by atoms with van der Waals surface area (Å²) in [5.74, 6) is -10.1. The minimum atomic E-state index is -1.94. The highest BCUT2D eigenvalue weighted by molar-refractivity contribution is 6.18. The van der Waals surface area contributed by atoms with Crippen LogP contribution in [-0.2, 0) is 9.47 Å². The van der Waals surface area contributed by atoms with Gasteiger partial charge in [-0.05, 0) is 58.7 Å². The summed E-state index contributed by atoms with van der Waals surface area (Å²) >= 11 is 0. The molecule has 0 bridgehead atoms. The smallest absolute Gasteiger partial charge is 0.335 e.